The Labute approximate surface area is 104 Å². The summed E-state index contributed by atoms with van der Waals surface area (Å²) in [7, 11) is 0. The molecule has 2 rings (SSSR count). The van der Waals surface area contributed by atoms with Gasteiger partial charge < -0.3 is 4.90 Å². The number of aromatic nitrogens is 1. The number of hydrogen-bond donors (Lipinski definition) is 0. The summed E-state index contributed by atoms with van der Waals surface area (Å²) in [5.41, 5.74) is 0.694. The Morgan fingerprint density at radius 1 is 1.50 bits per heavy atom. The maximum Gasteiger partial charge on any atom is 0.246 e. The molecule has 1 aromatic heterocycles. The first-order valence-electron chi connectivity index (χ1n) is 5.53. The van der Waals surface area contributed by atoms with Crippen molar-refractivity contribution >= 4 is 28.8 Å². The molecular formula is C11H15ClN2OS. The van der Waals surface area contributed by atoms with Crippen LogP contribution in [0.1, 0.15) is 35.3 Å². The number of hydrogen-bond acceptors (Lipinski definition) is 3. The molecule has 0 N–H and O–H groups in total. The van der Waals surface area contributed by atoms with Crippen LogP contribution in [0.4, 0.5) is 0 Å². The maximum absolute atomic E-state index is 12.1. The molecule has 1 amide bonds. The van der Waals surface area contributed by atoms with Gasteiger partial charge in [0.25, 0.3) is 0 Å². The van der Waals surface area contributed by atoms with E-state index in [9.17, 15) is 4.79 Å². The minimum Gasteiger partial charge on any atom is -0.341 e. The fraction of sp³-hybridized carbons (Fsp3) is 0.636. The number of aryl methyl sites for hydroxylation is 1. The maximum atomic E-state index is 12.1. The third-order valence-corrected chi connectivity index (χ3v) is 3.98. The first-order chi connectivity index (χ1) is 7.68. The van der Waals surface area contributed by atoms with Crippen LogP contribution in [0.25, 0.3) is 0 Å². The molecule has 1 aliphatic heterocycles. The molecule has 1 unspecified atom stereocenters. The summed E-state index contributed by atoms with van der Waals surface area (Å²) < 4.78 is 0. The van der Waals surface area contributed by atoms with Crippen molar-refractivity contribution in [1.82, 2.24) is 9.88 Å². The molecule has 1 atom stereocenters. The predicted molar refractivity (Wildman–Crippen MR) is 65.9 cm³/mol. The molecule has 0 spiro atoms. The van der Waals surface area contributed by atoms with Crippen LogP contribution in [0.15, 0.2) is 5.38 Å². The van der Waals surface area contributed by atoms with E-state index in [2.05, 4.69) is 4.98 Å². The van der Waals surface area contributed by atoms with E-state index in [1.54, 1.807) is 0 Å². The average molecular weight is 259 g/mol. The number of piperidine rings is 1. The minimum atomic E-state index is -0.608. The molecule has 0 radical (unpaired) electrons. The molecule has 5 heteroatoms. The van der Waals surface area contributed by atoms with Gasteiger partial charge in [-0.05, 0) is 26.2 Å². The van der Waals surface area contributed by atoms with E-state index in [4.69, 9.17) is 11.6 Å². The number of likely N-dealkylation sites (tertiary alicyclic amines) is 1. The summed E-state index contributed by atoms with van der Waals surface area (Å²) in [5.74, 6) is 0.00617. The van der Waals surface area contributed by atoms with Crippen LogP contribution in [-0.2, 0) is 4.79 Å². The van der Waals surface area contributed by atoms with Gasteiger partial charge in [-0.25, -0.2) is 4.98 Å². The quantitative estimate of drug-likeness (QED) is 0.765. The molecule has 0 aromatic carbocycles. The monoisotopic (exact) mass is 258 g/mol. The third kappa shape index (κ3) is 2.55. The molecule has 2 heterocycles. The van der Waals surface area contributed by atoms with E-state index in [-0.39, 0.29) is 5.91 Å². The van der Waals surface area contributed by atoms with E-state index < -0.39 is 5.38 Å². The Bertz CT molecular complexity index is 374. The van der Waals surface area contributed by atoms with E-state index in [1.807, 2.05) is 17.2 Å². The number of thiazole rings is 1. The van der Waals surface area contributed by atoms with Crippen LogP contribution in [0, 0.1) is 6.92 Å². The summed E-state index contributed by atoms with van der Waals surface area (Å²) in [5, 5.41) is 2.21. The van der Waals surface area contributed by atoms with Gasteiger partial charge in [0.05, 0.1) is 10.7 Å². The topological polar surface area (TPSA) is 33.2 Å². The lowest BCUT2D eigenvalue weighted by atomic mass is 10.1. The average Bonchev–Trinajstić information content (AvgIpc) is 2.75. The highest BCUT2D eigenvalue weighted by atomic mass is 35.5. The summed E-state index contributed by atoms with van der Waals surface area (Å²) in [6, 6.07) is 0. The number of rotatable bonds is 2. The normalized spacial score (nSPS) is 18.5. The van der Waals surface area contributed by atoms with Crippen LogP contribution in [-0.4, -0.2) is 28.9 Å². The van der Waals surface area contributed by atoms with Gasteiger partial charge in [0.1, 0.15) is 0 Å². The first kappa shape index (κ1) is 11.9. The standard InChI is InChI=1S/C11H15ClN2OS/c1-8-13-9(7-16-8)10(12)11(15)14-5-3-2-4-6-14/h7,10H,2-6H2,1H3. The van der Waals surface area contributed by atoms with Crippen LogP contribution in [0.3, 0.4) is 0 Å². The Kier molecular flexibility index (Phi) is 3.82. The first-order valence-corrected chi connectivity index (χ1v) is 6.85. The molecule has 1 fully saturated rings. The van der Waals surface area contributed by atoms with Crippen molar-refractivity contribution in [1.29, 1.82) is 0 Å². The van der Waals surface area contributed by atoms with Crippen molar-refractivity contribution < 1.29 is 4.79 Å². The van der Waals surface area contributed by atoms with Gasteiger partial charge in [-0.2, -0.15) is 0 Å². The van der Waals surface area contributed by atoms with Gasteiger partial charge in [0, 0.05) is 18.5 Å². The van der Waals surface area contributed by atoms with E-state index in [1.165, 1.54) is 17.8 Å². The molecule has 1 aromatic rings. The Balaban J connectivity index is 2.03. The number of carbonyl (C=O) groups excluding carboxylic acids is 1. The largest absolute Gasteiger partial charge is 0.341 e. The second kappa shape index (κ2) is 5.15. The third-order valence-electron chi connectivity index (χ3n) is 2.78. The summed E-state index contributed by atoms with van der Waals surface area (Å²) in [6.45, 7) is 3.60. The van der Waals surface area contributed by atoms with E-state index in [0.29, 0.717) is 5.69 Å². The number of alkyl halides is 1. The molecule has 3 nitrogen and oxygen atoms in total. The highest BCUT2D eigenvalue weighted by Crippen LogP contribution is 2.25. The van der Waals surface area contributed by atoms with Gasteiger partial charge in [-0.1, -0.05) is 0 Å². The van der Waals surface area contributed by atoms with Crippen molar-refractivity contribution in [2.24, 2.45) is 0 Å². The molecule has 0 aliphatic carbocycles. The van der Waals surface area contributed by atoms with Gasteiger partial charge in [-0.15, -0.1) is 22.9 Å². The van der Waals surface area contributed by atoms with Crippen LogP contribution in [0.2, 0.25) is 0 Å². The zero-order valence-electron chi connectivity index (χ0n) is 9.28. The molecule has 1 aliphatic rings. The van der Waals surface area contributed by atoms with Crippen LogP contribution in [0.5, 0.6) is 0 Å². The number of nitrogens with zero attached hydrogens (tertiary/aromatic N) is 2. The van der Waals surface area contributed by atoms with E-state index in [0.717, 1.165) is 30.9 Å². The lowest BCUT2D eigenvalue weighted by Crippen LogP contribution is -2.37. The predicted octanol–water partition coefficient (Wildman–Crippen LogP) is 2.74. The summed E-state index contributed by atoms with van der Waals surface area (Å²) in [4.78, 5) is 18.2. The lowest BCUT2D eigenvalue weighted by molar-refractivity contribution is -0.131. The number of carbonyl (C=O) groups is 1. The smallest absolute Gasteiger partial charge is 0.246 e. The molecule has 1 saturated heterocycles. The van der Waals surface area contributed by atoms with Crippen molar-refractivity contribution in [3.8, 4) is 0 Å². The fourth-order valence-electron chi connectivity index (χ4n) is 1.90. The molecule has 0 bridgehead atoms. The van der Waals surface area contributed by atoms with Crippen molar-refractivity contribution in [2.75, 3.05) is 13.1 Å². The summed E-state index contributed by atoms with van der Waals surface area (Å²) >= 11 is 7.69. The van der Waals surface area contributed by atoms with Crippen LogP contribution < -0.4 is 0 Å². The van der Waals surface area contributed by atoms with Gasteiger partial charge >= 0.3 is 0 Å². The zero-order valence-corrected chi connectivity index (χ0v) is 10.9. The van der Waals surface area contributed by atoms with Gasteiger partial charge in [0.2, 0.25) is 5.91 Å². The SMILES string of the molecule is Cc1nc(C(Cl)C(=O)N2CCCCC2)cs1. The molecule has 88 valence electrons. The Morgan fingerprint density at radius 3 is 2.75 bits per heavy atom. The highest BCUT2D eigenvalue weighted by molar-refractivity contribution is 7.09. The minimum absolute atomic E-state index is 0.00617. The van der Waals surface area contributed by atoms with Crippen LogP contribution >= 0.6 is 22.9 Å². The Morgan fingerprint density at radius 2 is 2.19 bits per heavy atom. The zero-order chi connectivity index (χ0) is 11.5. The number of amides is 1. The molecular weight excluding hydrogens is 244 g/mol. The summed E-state index contributed by atoms with van der Waals surface area (Å²) in [6.07, 6.45) is 3.39. The van der Waals surface area contributed by atoms with Gasteiger partial charge in [-0.3, -0.25) is 4.79 Å². The van der Waals surface area contributed by atoms with Crippen molar-refractivity contribution in [3.63, 3.8) is 0 Å². The second-order valence-electron chi connectivity index (χ2n) is 4.04. The molecule has 16 heavy (non-hydrogen) atoms. The van der Waals surface area contributed by atoms with E-state index >= 15 is 0 Å². The second-order valence-corrected chi connectivity index (χ2v) is 5.54. The highest BCUT2D eigenvalue weighted by Gasteiger charge is 2.26. The number of halogens is 1. The van der Waals surface area contributed by atoms with Crippen molar-refractivity contribution in [2.45, 2.75) is 31.6 Å². The van der Waals surface area contributed by atoms with Gasteiger partial charge in [0.15, 0.2) is 5.38 Å². The van der Waals surface area contributed by atoms with Crippen molar-refractivity contribution in [3.05, 3.63) is 16.1 Å². The Hall–Kier alpha value is -0.610. The lowest BCUT2D eigenvalue weighted by Gasteiger charge is -2.28. The molecule has 0 saturated carbocycles. The fourth-order valence-corrected chi connectivity index (χ4v) is 2.86.